The van der Waals surface area contributed by atoms with Gasteiger partial charge in [0.1, 0.15) is 5.01 Å². The molecule has 4 heteroatoms. The number of rotatable bonds is 5. The van der Waals surface area contributed by atoms with E-state index in [1.54, 1.807) is 18.4 Å². The lowest BCUT2D eigenvalue weighted by molar-refractivity contribution is 0.119. The number of aryl methyl sites for hydroxylation is 1. The average molecular weight is 282 g/mol. The van der Waals surface area contributed by atoms with Crippen LogP contribution in [-0.4, -0.2) is 25.2 Å². The highest BCUT2D eigenvalue weighted by Crippen LogP contribution is 2.45. The Kier molecular flexibility index (Phi) is 4.64. The van der Waals surface area contributed by atoms with Crippen LogP contribution in [-0.2, 0) is 10.3 Å². The molecule has 0 amide bonds. The molecule has 0 spiro atoms. The first-order chi connectivity index (χ1) is 8.97. The van der Waals surface area contributed by atoms with E-state index < -0.39 is 0 Å². The summed E-state index contributed by atoms with van der Waals surface area (Å²) in [5.41, 5.74) is 1.68. The van der Waals surface area contributed by atoms with Crippen molar-refractivity contribution in [2.75, 3.05) is 20.3 Å². The summed E-state index contributed by atoms with van der Waals surface area (Å²) in [6.45, 7) is 8.49. The standard InChI is InChI=1S/C15H26N2OS/c1-12-11-19-13(17-12)15(16-9-10-18-4)7-5-14(2,3)6-8-15/h11,16H,5-10H2,1-4H3. The van der Waals surface area contributed by atoms with Gasteiger partial charge in [0.05, 0.1) is 12.1 Å². The fourth-order valence-electron chi connectivity index (χ4n) is 2.79. The average Bonchev–Trinajstić information content (AvgIpc) is 2.79. The lowest BCUT2D eigenvalue weighted by atomic mass is 9.69. The minimum Gasteiger partial charge on any atom is -0.383 e. The van der Waals surface area contributed by atoms with Gasteiger partial charge in [0, 0.05) is 24.7 Å². The summed E-state index contributed by atoms with van der Waals surface area (Å²) in [6.07, 6.45) is 4.87. The molecule has 1 aromatic rings. The van der Waals surface area contributed by atoms with Crippen LogP contribution in [0.3, 0.4) is 0 Å². The van der Waals surface area contributed by atoms with Crippen LogP contribution in [0.2, 0.25) is 0 Å². The number of thiazole rings is 1. The highest BCUT2D eigenvalue weighted by molar-refractivity contribution is 7.09. The van der Waals surface area contributed by atoms with Crippen molar-refractivity contribution < 1.29 is 4.74 Å². The van der Waals surface area contributed by atoms with E-state index >= 15 is 0 Å². The fraction of sp³-hybridized carbons (Fsp3) is 0.800. The van der Waals surface area contributed by atoms with Crippen LogP contribution in [0.5, 0.6) is 0 Å². The zero-order valence-corrected chi connectivity index (χ0v) is 13.4. The molecule has 1 saturated carbocycles. The van der Waals surface area contributed by atoms with Crippen molar-refractivity contribution in [2.45, 2.75) is 52.0 Å². The van der Waals surface area contributed by atoms with Crippen LogP contribution in [0.4, 0.5) is 0 Å². The second-order valence-electron chi connectivity index (χ2n) is 6.46. The maximum absolute atomic E-state index is 5.18. The molecule has 1 aliphatic rings. The third-order valence-corrected chi connectivity index (χ3v) is 5.42. The highest BCUT2D eigenvalue weighted by atomic mass is 32.1. The van der Waals surface area contributed by atoms with Gasteiger partial charge in [-0.05, 0) is 38.0 Å². The summed E-state index contributed by atoms with van der Waals surface area (Å²) in [5.74, 6) is 0. The van der Waals surface area contributed by atoms with Crippen molar-refractivity contribution in [3.8, 4) is 0 Å². The van der Waals surface area contributed by atoms with Crippen molar-refractivity contribution >= 4 is 11.3 Å². The second kappa shape index (κ2) is 5.90. The van der Waals surface area contributed by atoms with E-state index in [9.17, 15) is 0 Å². The number of nitrogens with one attached hydrogen (secondary N) is 1. The minimum absolute atomic E-state index is 0.0764. The van der Waals surface area contributed by atoms with Gasteiger partial charge in [-0.1, -0.05) is 13.8 Å². The number of hydrogen-bond donors (Lipinski definition) is 1. The molecule has 1 aromatic heterocycles. The third-order valence-electron chi connectivity index (χ3n) is 4.26. The maximum atomic E-state index is 5.18. The fourth-order valence-corrected chi connectivity index (χ4v) is 3.82. The number of methoxy groups -OCH3 is 1. The summed E-state index contributed by atoms with van der Waals surface area (Å²) >= 11 is 1.80. The lowest BCUT2D eigenvalue weighted by Gasteiger charge is -2.43. The second-order valence-corrected chi connectivity index (χ2v) is 7.32. The number of aromatic nitrogens is 1. The molecule has 0 radical (unpaired) electrons. The molecule has 0 unspecified atom stereocenters. The van der Waals surface area contributed by atoms with Gasteiger partial charge >= 0.3 is 0 Å². The molecule has 0 bridgehead atoms. The molecule has 108 valence electrons. The van der Waals surface area contributed by atoms with Crippen LogP contribution < -0.4 is 5.32 Å². The van der Waals surface area contributed by atoms with Gasteiger partial charge in [-0.2, -0.15) is 0 Å². The molecular formula is C15H26N2OS. The molecule has 1 N–H and O–H groups in total. The van der Waals surface area contributed by atoms with Crippen molar-refractivity contribution in [1.29, 1.82) is 0 Å². The molecule has 0 atom stereocenters. The van der Waals surface area contributed by atoms with E-state index in [0.717, 1.165) is 18.8 Å². The number of hydrogen-bond acceptors (Lipinski definition) is 4. The largest absolute Gasteiger partial charge is 0.383 e. The molecule has 0 saturated heterocycles. The molecule has 1 heterocycles. The Hall–Kier alpha value is -0.450. The molecule has 0 aliphatic heterocycles. The Balaban J connectivity index is 2.14. The van der Waals surface area contributed by atoms with Crippen LogP contribution in [0, 0.1) is 12.3 Å². The van der Waals surface area contributed by atoms with Crippen molar-refractivity contribution in [3.05, 3.63) is 16.1 Å². The highest BCUT2D eigenvalue weighted by Gasteiger charge is 2.41. The Morgan fingerprint density at radius 3 is 2.53 bits per heavy atom. The predicted molar refractivity (Wildman–Crippen MR) is 80.7 cm³/mol. The van der Waals surface area contributed by atoms with Crippen LogP contribution in [0.15, 0.2) is 5.38 Å². The minimum atomic E-state index is 0.0764. The van der Waals surface area contributed by atoms with E-state index in [2.05, 4.69) is 31.5 Å². The maximum Gasteiger partial charge on any atom is 0.113 e. The Morgan fingerprint density at radius 1 is 1.32 bits per heavy atom. The molecule has 2 rings (SSSR count). The predicted octanol–water partition coefficient (Wildman–Crippen LogP) is 3.48. The van der Waals surface area contributed by atoms with Crippen LogP contribution >= 0.6 is 11.3 Å². The molecule has 1 fully saturated rings. The van der Waals surface area contributed by atoms with Gasteiger partial charge in [-0.15, -0.1) is 11.3 Å². The van der Waals surface area contributed by atoms with E-state index in [-0.39, 0.29) is 5.54 Å². The van der Waals surface area contributed by atoms with Crippen molar-refractivity contribution in [1.82, 2.24) is 10.3 Å². The van der Waals surface area contributed by atoms with Crippen LogP contribution in [0.25, 0.3) is 0 Å². The Morgan fingerprint density at radius 2 is 2.00 bits per heavy atom. The van der Waals surface area contributed by atoms with E-state index in [1.165, 1.54) is 30.7 Å². The number of ether oxygens (including phenoxy) is 1. The molecule has 19 heavy (non-hydrogen) atoms. The summed E-state index contributed by atoms with van der Waals surface area (Å²) in [7, 11) is 1.76. The first-order valence-corrected chi connectivity index (χ1v) is 8.02. The zero-order chi connectivity index (χ0) is 13.9. The summed E-state index contributed by atoms with van der Waals surface area (Å²) < 4.78 is 5.18. The lowest BCUT2D eigenvalue weighted by Crippen LogP contribution is -2.47. The van der Waals surface area contributed by atoms with Crippen molar-refractivity contribution in [2.24, 2.45) is 5.41 Å². The SMILES string of the molecule is COCCNC1(c2nc(C)cs2)CCC(C)(C)CC1. The van der Waals surface area contributed by atoms with E-state index in [4.69, 9.17) is 9.72 Å². The van der Waals surface area contributed by atoms with E-state index in [1.807, 2.05) is 0 Å². The zero-order valence-electron chi connectivity index (χ0n) is 12.6. The van der Waals surface area contributed by atoms with Crippen LogP contribution in [0.1, 0.15) is 50.2 Å². The first kappa shape index (κ1) is 14.9. The Labute approximate surface area is 120 Å². The summed E-state index contributed by atoms with van der Waals surface area (Å²) in [4.78, 5) is 4.75. The van der Waals surface area contributed by atoms with Crippen molar-refractivity contribution in [3.63, 3.8) is 0 Å². The topological polar surface area (TPSA) is 34.1 Å². The van der Waals surface area contributed by atoms with Gasteiger partial charge < -0.3 is 10.1 Å². The monoisotopic (exact) mass is 282 g/mol. The van der Waals surface area contributed by atoms with Gasteiger partial charge in [0.2, 0.25) is 0 Å². The van der Waals surface area contributed by atoms with Gasteiger partial charge in [-0.25, -0.2) is 4.98 Å². The van der Waals surface area contributed by atoms with Gasteiger partial charge in [0.25, 0.3) is 0 Å². The van der Waals surface area contributed by atoms with Gasteiger partial charge in [-0.3, -0.25) is 0 Å². The smallest absolute Gasteiger partial charge is 0.113 e. The summed E-state index contributed by atoms with van der Waals surface area (Å²) in [5, 5.41) is 7.15. The number of nitrogens with zero attached hydrogens (tertiary/aromatic N) is 1. The molecular weight excluding hydrogens is 256 g/mol. The normalized spacial score (nSPS) is 21.5. The molecule has 3 nitrogen and oxygen atoms in total. The van der Waals surface area contributed by atoms with E-state index in [0.29, 0.717) is 5.41 Å². The van der Waals surface area contributed by atoms with Gasteiger partial charge in [0.15, 0.2) is 0 Å². The molecule has 0 aromatic carbocycles. The molecule has 1 aliphatic carbocycles. The Bertz CT molecular complexity index is 404. The third kappa shape index (κ3) is 3.56. The summed E-state index contributed by atoms with van der Waals surface area (Å²) in [6, 6.07) is 0. The quantitative estimate of drug-likeness (QED) is 0.840. The first-order valence-electron chi connectivity index (χ1n) is 7.14.